The van der Waals surface area contributed by atoms with Crippen molar-refractivity contribution in [3.8, 4) is 6.07 Å². The molecule has 0 amide bonds. The number of hydrogen-bond acceptors (Lipinski definition) is 1. The van der Waals surface area contributed by atoms with Gasteiger partial charge >= 0.3 is 0 Å². The van der Waals surface area contributed by atoms with Crippen molar-refractivity contribution in [3.05, 3.63) is 105 Å². The molecule has 0 aliphatic carbocycles. The van der Waals surface area contributed by atoms with Crippen LogP contribution < -0.4 is 0 Å². The van der Waals surface area contributed by atoms with Crippen LogP contribution >= 0.6 is 23.2 Å². The quantitative estimate of drug-likeness (QED) is 0.320. The number of halogens is 3. The van der Waals surface area contributed by atoms with Gasteiger partial charge in [0.05, 0.1) is 21.7 Å². The van der Waals surface area contributed by atoms with E-state index in [1.807, 2.05) is 42.6 Å². The Bertz CT molecular complexity index is 1280. The Balaban J connectivity index is 1.81. The summed E-state index contributed by atoms with van der Waals surface area (Å²) in [4.78, 5) is 0. The summed E-state index contributed by atoms with van der Waals surface area (Å²) < 4.78 is 16.3. The number of aromatic nitrogens is 1. The van der Waals surface area contributed by atoms with Crippen molar-refractivity contribution in [2.45, 2.75) is 6.54 Å². The van der Waals surface area contributed by atoms with E-state index in [9.17, 15) is 9.65 Å². The van der Waals surface area contributed by atoms with Crippen molar-refractivity contribution in [1.82, 2.24) is 4.57 Å². The summed E-state index contributed by atoms with van der Waals surface area (Å²) in [5, 5.41) is 11.6. The van der Waals surface area contributed by atoms with Gasteiger partial charge in [0.25, 0.3) is 0 Å². The summed E-state index contributed by atoms with van der Waals surface area (Å²) in [7, 11) is 0. The molecule has 0 aliphatic heterocycles. The molecule has 0 aliphatic rings. The van der Waals surface area contributed by atoms with Crippen LogP contribution in [0.25, 0.3) is 22.6 Å². The normalized spacial score (nSPS) is 11.6. The topological polar surface area (TPSA) is 28.7 Å². The zero-order valence-electron chi connectivity index (χ0n) is 15.2. The first kappa shape index (κ1) is 19.3. The fourth-order valence-electron chi connectivity index (χ4n) is 3.36. The molecule has 0 atom stereocenters. The van der Waals surface area contributed by atoms with Gasteiger partial charge in [-0.25, -0.2) is 4.39 Å². The zero-order chi connectivity index (χ0) is 20.4. The molecule has 142 valence electrons. The van der Waals surface area contributed by atoms with Crippen LogP contribution in [0.15, 0.2) is 72.9 Å². The smallest absolute Gasteiger partial charge is 0.131 e. The number of nitriles is 1. The van der Waals surface area contributed by atoms with Gasteiger partial charge in [0.15, 0.2) is 0 Å². The van der Waals surface area contributed by atoms with Crippen molar-refractivity contribution >= 4 is 45.8 Å². The van der Waals surface area contributed by atoms with E-state index in [2.05, 4.69) is 10.6 Å². The van der Waals surface area contributed by atoms with Crippen LogP contribution in [-0.2, 0) is 6.54 Å². The molecule has 0 N–H and O–H groups in total. The number of allylic oxidation sites excluding steroid dienone is 1. The molecular weight excluding hydrogens is 406 g/mol. The highest BCUT2D eigenvalue weighted by Gasteiger charge is 2.11. The number of para-hydroxylation sites is 1. The minimum absolute atomic E-state index is 0.278. The molecule has 3 aromatic carbocycles. The van der Waals surface area contributed by atoms with Crippen LogP contribution in [0.1, 0.15) is 16.7 Å². The average molecular weight is 421 g/mol. The molecule has 1 aromatic heterocycles. The molecule has 5 heteroatoms. The predicted octanol–water partition coefficient (Wildman–Crippen LogP) is 7.20. The second-order valence-electron chi connectivity index (χ2n) is 6.63. The summed E-state index contributed by atoms with van der Waals surface area (Å²) in [5.41, 5.74) is 3.43. The standard InChI is InChI=1S/C24H15Cl2FN2/c25-21-10-9-16(11-22(21)26)14-29-15-18(20-6-2-4-8-24(20)29)12-17(13-28)19-5-1-3-7-23(19)27/h1-12,15H,14H2/b17-12-. The average Bonchev–Trinajstić information content (AvgIpc) is 3.07. The van der Waals surface area contributed by atoms with Crippen LogP contribution in [0.3, 0.4) is 0 Å². The lowest BCUT2D eigenvalue weighted by molar-refractivity contribution is 0.624. The summed E-state index contributed by atoms with van der Waals surface area (Å²) in [6.45, 7) is 0.590. The molecule has 0 spiro atoms. The van der Waals surface area contributed by atoms with Gasteiger partial charge in [-0.2, -0.15) is 5.26 Å². The van der Waals surface area contributed by atoms with Gasteiger partial charge in [-0.1, -0.05) is 65.7 Å². The molecule has 0 bridgehead atoms. The van der Waals surface area contributed by atoms with Crippen LogP contribution in [0.2, 0.25) is 10.0 Å². The Morgan fingerprint density at radius 2 is 1.76 bits per heavy atom. The number of benzene rings is 3. The third kappa shape index (κ3) is 3.91. The maximum atomic E-state index is 14.2. The highest BCUT2D eigenvalue weighted by molar-refractivity contribution is 6.42. The molecule has 0 fully saturated rings. The number of hydrogen-bond donors (Lipinski definition) is 0. The fourth-order valence-corrected chi connectivity index (χ4v) is 3.68. The first-order valence-corrected chi connectivity index (χ1v) is 9.71. The molecule has 29 heavy (non-hydrogen) atoms. The van der Waals surface area contributed by atoms with Gasteiger partial charge in [-0.3, -0.25) is 0 Å². The van der Waals surface area contributed by atoms with Gasteiger partial charge < -0.3 is 4.57 Å². The van der Waals surface area contributed by atoms with Gasteiger partial charge in [0.2, 0.25) is 0 Å². The summed E-state index contributed by atoms with van der Waals surface area (Å²) in [6, 6.07) is 21.9. The number of fused-ring (bicyclic) bond motifs is 1. The van der Waals surface area contributed by atoms with Gasteiger partial charge in [-0.05, 0) is 35.9 Å². The van der Waals surface area contributed by atoms with Crippen molar-refractivity contribution in [3.63, 3.8) is 0 Å². The molecule has 0 radical (unpaired) electrons. The van der Waals surface area contributed by atoms with E-state index in [1.165, 1.54) is 6.07 Å². The lowest BCUT2D eigenvalue weighted by Gasteiger charge is -2.06. The van der Waals surface area contributed by atoms with E-state index in [1.54, 1.807) is 30.3 Å². The number of rotatable bonds is 4. The van der Waals surface area contributed by atoms with E-state index in [4.69, 9.17) is 23.2 Å². The highest BCUT2D eigenvalue weighted by atomic mass is 35.5. The SMILES string of the molecule is N#C/C(=C/c1cn(Cc2ccc(Cl)c(Cl)c2)c2ccccc12)c1ccccc1F. The molecule has 4 rings (SSSR count). The lowest BCUT2D eigenvalue weighted by atomic mass is 10.0. The zero-order valence-corrected chi connectivity index (χ0v) is 16.8. The van der Waals surface area contributed by atoms with E-state index in [-0.39, 0.29) is 11.1 Å². The van der Waals surface area contributed by atoms with Gasteiger partial charge in [0, 0.05) is 34.8 Å². The predicted molar refractivity (Wildman–Crippen MR) is 117 cm³/mol. The Hall–Kier alpha value is -3.06. The van der Waals surface area contributed by atoms with Crippen molar-refractivity contribution < 1.29 is 4.39 Å². The van der Waals surface area contributed by atoms with Crippen molar-refractivity contribution in [2.24, 2.45) is 0 Å². The van der Waals surface area contributed by atoms with E-state index in [0.29, 0.717) is 16.6 Å². The van der Waals surface area contributed by atoms with Crippen molar-refractivity contribution in [2.75, 3.05) is 0 Å². The molecule has 4 aromatic rings. The van der Waals surface area contributed by atoms with Crippen molar-refractivity contribution in [1.29, 1.82) is 5.26 Å². The van der Waals surface area contributed by atoms with Gasteiger partial charge in [-0.15, -0.1) is 0 Å². The van der Waals surface area contributed by atoms with E-state index >= 15 is 0 Å². The van der Waals surface area contributed by atoms with Crippen LogP contribution in [0, 0.1) is 17.1 Å². The minimum atomic E-state index is -0.417. The molecule has 1 heterocycles. The molecule has 0 saturated carbocycles. The highest BCUT2D eigenvalue weighted by Crippen LogP contribution is 2.29. The molecule has 0 unspecified atom stereocenters. The first-order valence-electron chi connectivity index (χ1n) is 8.95. The van der Waals surface area contributed by atoms with Crippen LogP contribution in [0.4, 0.5) is 4.39 Å². The Morgan fingerprint density at radius 1 is 1.00 bits per heavy atom. The second-order valence-corrected chi connectivity index (χ2v) is 7.44. The lowest BCUT2D eigenvalue weighted by Crippen LogP contribution is -1.97. The van der Waals surface area contributed by atoms with Crippen LogP contribution in [0.5, 0.6) is 0 Å². The maximum Gasteiger partial charge on any atom is 0.131 e. The monoisotopic (exact) mass is 420 g/mol. The third-order valence-corrected chi connectivity index (χ3v) is 5.48. The maximum absolute atomic E-state index is 14.2. The van der Waals surface area contributed by atoms with Crippen LogP contribution in [-0.4, -0.2) is 4.57 Å². The fraction of sp³-hybridized carbons (Fsp3) is 0.0417. The minimum Gasteiger partial charge on any atom is -0.342 e. The molecular formula is C24H15Cl2FN2. The third-order valence-electron chi connectivity index (χ3n) is 4.74. The van der Waals surface area contributed by atoms with Gasteiger partial charge in [0.1, 0.15) is 5.82 Å². The summed E-state index contributed by atoms with van der Waals surface area (Å²) >= 11 is 12.2. The molecule has 2 nitrogen and oxygen atoms in total. The van der Waals surface area contributed by atoms with E-state index in [0.717, 1.165) is 22.0 Å². The number of nitrogens with zero attached hydrogens (tertiary/aromatic N) is 2. The Kier molecular flexibility index (Phi) is 5.40. The largest absolute Gasteiger partial charge is 0.342 e. The Labute approximate surface area is 178 Å². The second kappa shape index (κ2) is 8.13. The summed E-state index contributed by atoms with van der Waals surface area (Å²) in [5.74, 6) is -0.417. The van der Waals surface area contributed by atoms with E-state index < -0.39 is 5.82 Å². The Morgan fingerprint density at radius 3 is 2.52 bits per heavy atom. The summed E-state index contributed by atoms with van der Waals surface area (Å²) in [6.07, 6.45) is 3.69. The molecule has 0 saturated heterocycles. The first-order chi connectivity index (χ1) is 14.1.